The highest BCUT2D eigenvalue weighted by molar-refractivity contribution is 5.89. The largest absolute Gasteiger partial charge is 0.327 e. The third kappa shape index (κ3) is 4.97. The van der Waals surface area contributed by atoms with Crippen LogP contribution in [0.5, 0.6) is 0 Å². The Morgan fingerprint density at radius 2 is 1.75 bits per heavy atom. The van der Waals surface area contributed by atoms with E-state index in [9.17, 15) is 9.59 Å². The summed E-state index contributed by atoms with van der Waals surface area (Å²) in [6.45, 7) is 3.87. The molecule has 32 heavy (non-hydrogen) atoms. The van der Waals surface area contributed by atoms with Gasteiger partial charge in [-0.05, 0) is 24.5 Å². The zero-order valence-electron chi connectivity index (χ0n) is 18.2. The number of amides is 3. The summed E-state index contributed by atoms with van der Waals surface area (Å²) < 4.78 is 1.61. The Balaban J connectivity index is 1.54. The third-order valence-electron chi connectivity index (χ3n) is 5.50. The number of carbonyl (C=O) groups is 2. The quantitative estimate of drug-likeness (QED) is 0.479. The Labute approximate surface area is 187 Å². The van der Waals surface area contributed by atoms with Crippen LogP contribution in [0.15, 0.2) is 66.7 Å². The standard InChI is InChI=1S/C24H28N6O2/c1-3-19-15-21(31)27-23(25-19)30-20(14-16(2)29-30)26-24(32)28-22(17-10-6-4-7-11-17)18-12-8-5-9-13-18/h4-14,19,22-23,25H,3,15H2,1-2H3,(H,27,31)(H2,26,28,32). The summed E-state index contributed by atoms with van der Waals surface area (Å²) in [5, 5.41) is 16.7. The summed E-state index contributed by atoms with van der Waals surface area (Å²) in [5.41, 5.74) is 2.69. The maximum absolute atomic E-state index is 13.0. The van der Waals surface area contributed by atoms with Crippen LogP contribution >= 0.6 is 0 Å². The van der Waals surface area contributed by atoms with Gasteiger partial charge in [-0.3, -0.25) is 15.4 Å². The van der Waals surface area contributed by atoms with Crippen LogP contribution in [0.3, 0.4) is 0 Å². The molecular formula is C24H28N6O2. The van der Waals surface area contributed by atoms with Gasteiger partial charge in [0.1, 0.15) is 5.82 Å². The van der Waals surface area contributed by atoms with E-state index in [4.69, 9.17) is 0 Å². The molecule has 2 atom stereocenters. The molecule has 0 radical (unpaired) electrons. The van der Waals surface area contributed by atoms with Gasteiger partial charge in [0.05, 0.1) is 11.7 Å². The minimum Gasteiger partial charge on any atom is -0.327 e. The minimum absolute atomic E-state index is 0.0441. The van der Waals surface area contributed by atoms with Crippen LogP contribution in [0, 0.1) is 6.92 Å². The van der Waals surface area contributed by atoms with Crippen LogP contribution in [0.4, 0.5) is 10.6 Å². The number of anilines is 1. The number of nitrogens with zero attached hydrogens (tertiary/aromatic N) is 2. The molecule has 0 spiro atoms. The summed E-state index contributed by atoms with van der Waals surface area (Å²) in [7, 11) is 0. The summed E-state index contributed by atoms with van der Waals surface area (Å²) >= 11 is 0. The normalized spacial score (nSPS) is 18.3. The zero-order chi connectivity index (χ0) is 22.5. The van der Waals surface area contributed by atoms with Crippen LogP contribution in [-0.4, -0.2) is 27.8 Å². The number of carbonyl (C=O) groups excluding carboxylic acids is 2. The first-order valence-corrected chi connectivity index (χ1v) is 10.8. The van der Waals surface area contributed by atoms with Gasteiger partial charge in [0, 0.05) is 18.5 Å². The molecule has 2 heterocycles. The molecule has 8 nitrogen and oxygen atoms in total. The van der Waals surface area contributed by atoms with E-state index in [1.54, 1.807) is 10.7 Å². The highest BCUT2D eigenvalue weighted by Gasteiger charge is 2.28. The number of aromatic nitrogens is 2. The van der Waals surface area contributed by atoms with Crippen LogP contribution in [-0.2, 0) is 4.79 Å². The lowest BCUT2D eigenvalue weighted by Gasteiger charge is -2.32. The molecule has 0 aliphatic carbocycles. The molecule has 3 amide bonds. The molecule has 1 aliphatic heterocycles. The van der Waals surface area contributed by atoms with Crippen molar-refractivity contribution in [3.05, 3.63) is 83.6 Å². The van der Waals surface area contributed by atoms with E-state index in [0.717, 1.165) is 23.2 Å². The van der Waals surface area contributed by atoms with Gasteiger partial charge in [0.15, 0.2) is 6.29 Å². The van der Waals surface area contributed by atoms with Gasteiger partial charge in [-0.25, -0.2) is 9.48 Å². The van der Waals surface area contributed by atoms with Crippen LogP contribution in [0.1, 0.15) is 48.9 Å². The van der Waals surface area contributed by atoms with E-state index in [-0.39, 0.29) is 24.0 Å². The molecule has 4 rings (SSSR count). The molecule has 4 N–H and O–H groups in total. The number of benzene rings is 2. The van der Waals surface area contributed by atoms with Gasteiger partial charge in [0.2, 0.25) is 5.91 Å². The Kier molecular flexibility index (Phi) is 6.51. The van der Waals surface area contributed by atoms with Gasteiger partial charge in [-0.1, -0.05) is 67.6 Å². The van der Waals surface area contributed by atoms with E-state index in [1.165, 1.54) is 0 Å². The molecule has 0 saturated carbocycles. The predicted octanol–water partition coefficient (Wildman–Crippen LogP) is 3.45. The Morgan fingerprint density at radius 3 is 2.34 bits per heavy atom. The van der Waals surface area contributed by atoms with Crippen molar-refractivity contribution in [1.82, 2.24) is 25.7 Å². The minimum atomic E-state index is -0.524. The van der Waals surface area contributed by atoms with Crippen molar-refractivity contribution in [2.24, 2.45) is 0 Å². The lowest BCUT2D eigenvalue weighted by molar-refractivity contribution is -0.125. The van der Waals surface area contributed by atoms with Crippen LogP contribution in [0.25, 0.3) is 0 Å². The SMILES string of the molecule is CCC1CC(=O)NC(n2nc(C)cc2NC(=O)NC(c2ccccc2)c2ccccc2)N1. The van der Waals surface area contributed by atoms with E-state index in [2.05, 4.69) is 26.4 Å². The number of aryl methyl sites for hydroxylation is 1. The first-order valence-electron chi connectivity index (χ1n) is 10.8. The van der Waals surface area contributed by atoms with Crippen molar-refractivity contribution in [2.75, 3.05) is 5.32 Å². The fourth-order valence-electron chi connectivity index (χ4n) is 3.89. The van der Waals surface area contributed by atoms with E-state index in [0.29, 0.717) is 12.2 Å². The summed E-state index contributed by atoms with van der Waals surface area (Å²) in [6.07, 6.45) is 0.722. The molecule has 1 saturated heterocycles. The van der Waals surface area contributed by atoms with E-state index < -0.39 is 6.29 Å². The van der Waals surface area contributed by atoms with Crippen molar-refractivity contribution in [1.29, 1.82) is 0 Å². The van der Waals surface area contributed by atoms with Gasteiger partial charge < -0.3 is 10.6 Å². The molecule has 3 aromatic rings. The number of nitrogens with one attached hydrogen (secondary N) is 4. The van der Waals surface area contributed by atoms with Gasteiger partial charge in [-0.2, -0.15) is 5.10 Å². The molecule has 8 heteroatoms. The highest BCUT2D eigenvalue weighted by atomic mass is 16.2. The Bertz CT molecular complexity index is 1030. The summed E-state index contributed by atoms with van der Waals surface area (Å²) in [4.78, 5) is 25.2. The van der Waals surface area contributed by atoms with Gasteiger partial charge >= 0.3 is 6.03 Å². The average molecular weight is 433 g/mol. The molecular weight excluding hydrogens is 404 g/mol. The number of urea groups is 1. The summed E-state index contributed by atoms with van der Waals surface area (Å²) in [5.74, 6) is 0.451. The van der Waals surface area contributed by atoms with Crippen LogP contribution in [0.2, 0.25) is 0 Å². The maximum Gasteiger partial charge on any atom is 0.321 e. The third-order valence-corrected chi connectivity index (χ3v) is 5.50. The molecule has 0 bridgehead atoms. The first kappa shape index (κ1) is 21.6. The molecule has 1 aliphatic rings. The zero-order valence-corrected chi connectivity index (χ0v) is 18.2. The van der Waals surface area contributed by atoms with Crippen LogP contribution < -0.4 is 21.3 Å². The highest BCUT2D eigenvalue weighted by Crippen LogP contribution is 2.23. The number of hydrogen-bond acceptors (Lipinski definition) is 4. The van der Waals surface area contributed by atoms with Crippen molar-refractivity contribution >= 4 is 17.8 Å². The second-order valence-electron chi connectivity index (χ2n) is 7.91. The average Bonchev–Trinajstić information content (AvgIpc) is 3.18. The topological polar surface area (TPSA) is 100 Å². The molecule has 2 aromatic carbocycles. The fraction of sp³-hybridized carbons (Fsp3) is 0.292. The first-order chi connectivity index (χ1) is 15.5. The van der Waals surface area contributed by atoms with E-state index >= 15 is 0 Å². The lowest BCUT2D eigenvalue weighted by Crippen LogP contribution is -2.53. The predicted molar refractivity (Wildman–Crippen MR) is 123 cm³/mol. The van der Waals surface area contributed by atoms with Gasteiger partial charge in [-0.15, -0.1) is 0 Å². The second-order valence-corrected chi connectivity index (χ2v) is 7.91. The second kappa shape index (κ2) is 9.65. The molecule has 1 aromatic heterocycles. The molecule has 2 unspecified atom stereocenters. The lowest BCUT2D eigenvalue weighted by atomic mass is 9.99. The Morgan fingerprint density at radius 1 is 1.12 bits per heavy atom. The number of rotatable bonds is 6. The van der Waals surface area contributed by atoms with Crippen molar-refractivity contribution in [2.45, 2.75) is 45.1 Å². The van der Waals surface area contributed by atoms with Crippen molar-refractivity contribution in [3.63, 3.8) is 0 Å². The smallest absolute Gasteiger partial charge is 0.321 e. The number of hydrogen-bond donors (Lipinski definition) is 4. The Hall–Kier alpha value is -3.65. The maximum atomic E-state index is 13.0. The summed E-state index contributed by atoms with van der Waals surface area (Å²) in [6, 6.07) is 20.8. The molecule has 166 valence electrons. The fourth-order valence-corrected chi connectivity index (χ4v) is 3.89. The van der Waals surface area contributed by atoms with Crippen molar-refractivity contribution < 1.29 is 9.59 Å². The van der Waals surface area contributed by atoms with Gasteiger partial charge in [0.25, 0.3) is 0 Å². The molecule has 1 fully saturated rings. The van der Waals surface area contributed by atoms with E-state index in [1.807, 2.05) is 74.5 Å². The van der Waals surface area contributed by atoms with Crippen molar-refractivity contribution in [3.8, 4) is 0 Å². The monoisotopic (exact) mass is 432 g/mol.